The lowest BCUT2D eigenvalue weighted by Crippen LogP contribution is -2.30. The first-order valence-corrected chi connectivity index (χ1v) is 7.19. The van der Waals surface area contributed by atoms with Crippen molar-refractivity contribution in [3.05, 3.63) is 54.8 Å². The molecule has 2 heterocycles. The molecule has 0 aromatic carbocycles. The fourth-order valence-corrected chi connectivity index (χ4v) is 2.43. The van der Waals surface area contributed by atoms with Gasteiger partial charge in [0.15, 0.2) is 0 Å². The van der Waals surface area contributed by atoms with Crippen molar-refractivity contribution < 1.29 is 4.79 Å². The highest BCUT2D eigenvalue weighted by Gasteiger charge is 2.17. The molecule has 0 spiro atoms. The molecule has 1 amide bonds. The second-order valence-electron chi connectivity index (χ2n) is 5.19. The molecule has 0 saturated carbocycles. The van der Waals surface area contributed by atoms with E-state index in [1.807, 2.05) is 22.9 Å². The van der Waals surface area contributed by atoms with Gasteiger partial charge >= 0.3 is 0 Å². The highest BCUT2D eigenvalue weighted by molar-refractivity contribution is 5.78. The molecule has 1 aliphatic rings. The van der Waals surface area contributed by atoms with Gasteiger partial charge in [0.05, 0.1) is 0 Å². The van der Waals surface area contributed by atoms with E-state index in [1.165, 1.54) is 0 Å². The van der Waals surface area contributed by atoms with Crippen LogP contribution in [0.4, 0.5) is 0 Å². The van der Waals surface area contributed by atoms with Crippen molar-refractivity contribution in [2.24, 2.45) is 5.92 Å². The number of rotatable bonds is 4. The van der Waals surface area contributed by atoms with Gasteiger partial charge in [-0.2, -0.15) is 0 Å². The van der Waals surface area contributed by atoms with E-state index in [1.54, 1.807) is 18.7 Å². The molecule has 2 aromatic heterocycles. The molecule has 1 aliphatic carbocycles. The number of pyridine rings is 1. The van der Waals surface area contributed by atoms with Crippen molar-refractivity contribution in [2.75, 3.05) is 0 Å². The number of nitrogens with one attached hydrogen (secondary N) is 1. The Labute approximate surface area is 123 Å². The van der Waals surface area contributed by atoms with Crippen molar-refractivity contribution in [3.8, 4) is 5.82 Å². The molecule has 0 fully saturated rings. The van der Waals surface area contributed by atoms with Crippen LogP contribution in [0.1, 0.15) is 24.8 Å². The molecule has 5 nitrogen and oxygen atoms in total. The van der Waals surface area contributed by atoms with Gasteiger partial charge < -0.3 is 5.32 Å². The second kappa shape index (κ2) is 6.35. The molecule has 0 saturated heterocycles. The number of aromatic nitrogens is 3. The number of hydrogen-bond acceptors (Lipinski definition) is 3. The highest BCUT2D eigenvalue weighted by atomic mass is 16.1. The molecule has 1 unspecified atom stereocenters. The van der Waals surface area contributed by atoms with E-state index in [0.29, 0.717) is 6.54 Å². The minimum Gasteiger partial charge on any atom is -0.352 e. The summed E-state index contributed by atoms with van der Waals surface area (Å²) in [4.78, 5) is 20.4. The van der Waals surface area contributed by atoms with Gasteiger partial charge in [-0.3, -0.25) is 9.36 Å². The summed E-state index contributed by atoms with van der Waals surface area (Å²) >= 11 is 0. The van der Waals surface area contributed by atoms with E-state index in [0.717, 1.165) is 30.6 Å². The van der Waals surface area contributed by atoms with Crippen LogP contribution >= 0.6 is 0 Å². The van der Waals surface area contributed by atoms with Gasteiger partial charge in [-0.05, 0) is 30.9 Å². The van der Waals surface area contributed by atoms with Crippen LogP contribution in [0, 0.1) is 5.92 Å². The monoisotopic (exact) mass is 282 g/mol. The fraction of sp³-hybridized carbons (Fsp3) is 0.312. The quantitative estimate of drug-likeness (QED) is 0.875. The number of carbonyl (C=O) groups excluding carboxylic acids is 1. The molecule has 1 atom stereocenters. The van der Waals surface area contributed by atoms with Crippen molar-refractivity contribution in [2.45, 2.75) is 25.8 Å². The Balaban J connectivity index is 1.56. The van der Waals surface area contributed by atoms with Crippen LogP contribution in [0.3, 0.4) is 0 Å². The third-order valence-corrected chi connectivity index (χ3v) is 3.68. The maximum atomic E-state index is 12.0. The minimum absolute atomic E-state index is 0.119. The molecule has 0 bridgehead atoms. The number of imidazole rings is 1. The maximum Gasteiger partial charge on any atom is 0.223 e. The summed E-state index contributed by atoms with van der Waals surface area (Å²) in [6.45, 7) is 0.524. The molecule has 2 aromatic rings. The van der Waals surface area contributed by atoms with E-state index < -0.39 is 0 Å². The lowest BCUT2D eigenvalue weighted by molar-refractivity contribution is -0.125. The summed E-state index contributed by atoms with van der Waals surface area (Å²) in [5.41, 5.74) is 0.999. The van der Waals surface area contributed by atoms with Crippen molar-refractivity contribution in [1.82, 2.24) is 19.9 Å². The second-order valence-corrected chi connectivity index (χ2v) is 5.19. The Morgan fingerprint density at radius 1 is 1.38 bits per heavy atom. The zero-order chi connectivity index (χ0) is 14.5. The number of nitrogens with zero attached hydrogens (tertiary/aromatic N) is 3. The van der Waals surface area contributed by atoms with E-state index in [4.69, 9.17) is 0 Å². The van der Waals surface area contributed by atoms with Crippen LogP contribution in [0.5, 0.6) is 0 Å². The van der Waals surface area contributed by atoms with Crippen LogP contribution in [0.15, 0.2) is 49.2 Å². The highest BCUT2D eigenvalue weighted by Crippen LogP contribution is 2.18. The normalized spacial score (nSPS) is 17.6. The van der Waals surface area contributed by atoms with Gasteiger partial charge in [0.25, 0.3) is 0 Å². The fourth-order valence-electron chi connectivity index (χ4n) is 2.43. The van der Waals surface area contributed by atoms with Gasteiger partial charge in [-0.25, -0.2) is 9.97 Å². The van der Waals surface area contributed by atoms with Gasteiger partial charge in [0.1, 0.15) is 12.1 Å². The molecule has 0 radical (unpaired) electrons. The smallest absolute Gasteiger partial charge is 0.223 e. The Morgan fingerprint density at radius 3 is 3.00 bits per heavy atom. The molecule has 3 rings (SSSR count). The van der Waals surface area contributed by atoms with Crippen LogP contribution in [-0.2, 0) is 11.3 Å². The summed E-state index contributed by atoms with van der Waals surface area (Å²) < 4.78 is 1.84. The molecular weight excluding hydrogens is 264 g/mol. The van der Waals surface area contributed by atoms with Crippen LogP contribution in [0.25, 0.3) is 5.82 Å². The van der Waals surface area contributed by atoms with Crippen LogP contribution < -0.4 is 5.32 Å². The number of allylic oxidation sites excluding steroid dienone is 2. The first-order valence-electron chi connectivity index (χ1n) is 7.19. The third kappa shape index (κ3) is 3.37. The molecular formula is C16H18N4O. The average Bonchev–Trinajstić information content (AvgIpc) is 3.08. The van der Waals surface area contributed by atoms with Gasteiger partial charge in [-0.15, -0.1) is 0 Å². The SMILES string of the molecule is O=C(NCc1ccc(-n2ccnc2)nc1)C1CC=CCC1. The number of carbonyl (C=O) groups is 1. The minimum atomic E-state index is 0.119. The van der Waals surface area contributed by atoms with Gasteiger partial charge in [0, 0.05) is 31.1 Å². The van der Waals surface area contributed by atoms with E-state index in [2.05, 4.69) is 27.4 Å². The third-order valence-electron chi connectivity index (χ3n) is 3.68. The van der Waals surface area contributed by atoms with E-state index >= 15 is 0 Å². The maximum absolute atomic E-state index is 12.0. The molecule has 5 heteroatoms. The first-order chi connectivity index (χ1) is 10.3. The van der Waals surface area contributed by atoms with Crippen molar-refractivity contribution >= 4 is 5.91 Å². The van der Waals surface area contributed by atoms with E-state index in [-0.39, 0.29) is 11.8 Å². The standard InChI is InChI=1S/C16H18N4O/c21-16(14-4-2-1-3-5-14)19-11-13-6-7-15(18-10-13)20-9-8-17-12-20/h1-2,6-10,12,14H,3-5,11H2,(H,19,21). The predicted molar refractivity (Wildman–Crippen MR) is 79.7 cm³/mol. The Hall–Kier alpha value is -2.43. The van der Waals surface area contributed by atoms with Crippen molar-refractivity contribution in [3.63, 3.8) is 0 Å². The summed E-state index contributed by atoms with van der Waals surface area (Å²) in [5.74, 6) is 1.08. The average molecular weight is 282 g/mol. The molecule has 21 heavy (non-hydrogen) atoms. The number of hydrogen-bond donors (Lipinski definition) is 1. The first kappa shape index (κ1) is 13.5. The molecule has 1 N–H and O–H groups in total. The lowest BCUT2D eigenvalue weighted by Gasteiger charge is -2.17. The lowest BCUT2D eigenvalue weighted by atomic mass is 9.93. The Morgan fingerprint density at radius 2 is 2.33 bits per heavy atom. The van der Waals surface area contributed by atoms with Crippen LogP contribution in [-0.4, -0.2) is 20.4 Å². The van der Waals surface area contributed by atoms with E-state index in [9.17, 15) is 4.79 Å². The van der Waals surface area contributed by atoms with Crippen molar-refractivity contribution in [1.29, 1.82) is 0 Å². The largest absolute Gasteiger partial charge is 0.352 e. The van der Waals surface area contributed by atoms with Crippen LogP contribution in [0.2, 0.25) is 0 Å². The zero-order valence-corrected chi connectivity index (χ0v) is 11.8. The summed E-state index contributed by atoms with van der Waals surface area (Å²) in [5, 5.41) is 2.99. The molecule has 0 aliphatic heterocycles. The van der Waals surface area contributed by atoms with Gasteiger partial charge in [0.2, 0.25) is 5.91 Å². The summed E-state index contributed by atoms with van der Waals surface area (Å²) in [7, 11) is 0. The Kier molecular flexibility index (Phi) is 4.09. The molecule has 108 valence electrons. The topological polar surface area (TPSA) is 59.8 Å². The summed E-state index contributed by atoms with van der Waals surface area (Å²) in [6, 6.07) is 3.90. The number of amides is 1. The Bertz CT molecular complexity index is 616. The predicted octanol–water partition coefficient (Wildman–Crippen LogP) is 2.24. The van der Waals surface area contributed by atoms with Gasteiger partial charge in [-0.1, -0.05) is 18.2 Å². The zero-order valence-electron chi connectivity index (χ0n) is 11.8. The summed E-state index contributed by atoms with van der Waals surface area (Å²) in [6.07, 6.45) is 14.1.